The van der Waals surface area contributed by atoms with Crippen LogP contribution in [0.1, 0.15) is 33.6 Å². The second kappa shape index (κ2) is 4.97. The molecule has 0 aromatic rings. The molecular weight excluding hydrogens is 190 g/mol. The monoisotopic (exact) mass is 212 g/mol. The summed E-state index contributed by atoms with van der Waals surface area (Å²) >= 11 is 0. The van der Waals surface area contributed by atoms with Crippen LogP contribution in [0.2, 0.25) is 0 Å². The average Bonchev–Trinajstić information content (AvgIpc) is 2.54. The van der Waals surface area contributed by atoms with E-state index < -0.39 is 0 Å². The molecule has 3 heteroatoms. The Morgan fingerprint density at radius 3 is 2.67 bits per heavy atom. The van der Waals surface area contributed by atoms with Crippen LogP contribution in [-0.4, -0.2) is 25.2 Å². The lowest BCUT2D eigenvalue weighted by Crippen LogP contribution is -2.33. The van der Waals surface area contributed by atoms with E-state index in [1.165, 1.54) is 0 Å². The molecule has 2 atom stereocenters. The van der Waals surface area contributed by atoms with E-state index in [4.69, 9.17) is 4.74 Å². The highest BCUT2D eigenvalue weighted by Crippen LogP contribution is 2.30. The Hall–Kier alpha value is -0.570. The molecule has 1 N–H and O–H groups in total. The van der Waals surface area contributed by atoms with Gasteiger partial charge in [0.1, 0.15) is 6.10 Å². The van der Waals surface area contributed by atoms with Crippen LogP contribution in [0.4, 0.5) is 0 Å². The maximum Gasteiger partial charge on any atom is 0.309 e. The summed E-state index contributed by atoms with van der Waals surface area (Å²) in [5.41, 5.74) is -0.0646. The molecule has 1 aliphatic rings. The predicted molar refractivity (Wildman–Crippen MR) is 60.3 cm³/mol. The first kappa shape index (κ1) is 12.5. The van der Waals surface area contributed by atoms with Gasteiger partial charge in [0.2, 0.25) is 0 Å². The third-order valence-corrected chi connectivity index (χ3v) is 2.92. The van der Waals surface area contributed by atoms with Gasteiger partial charge in [0.25, 0.3) is 0 Å². The summed E-state index contributed by atoms with van der Waals surface area (Å²) in [6.45, 7) is 11.7. The zero-order chi connectivity index (χ0) is 11.5. The van der Waals surface area contributed by atoms with Gasteiger partial charge in [-0.15, -0.1) is 0 Å². The Bertz CT molecular complexity index is 214. The van der Waals surface area contributed by atoms with E-state index in [1.807, 2.05) is 0 Å². The van der Waals surface area contributed by atoms with Crippen LogP contribution in [0.5, 0.6) is 0 Å². The minimum absolute atomic E-state index is 0.0638. The summed E-state index contributed by atoms with van der Waals surface area (Å²) in [6, 6.07) is 0. The fraction of sp³-hybridized carbons (Fsp3) is 0.833. The molecule has 0 spiro atoms. The molecule has 0 saturated carbocycles. The molecule has 0 bridgehead atoms. The van der Waals surface area contributed by atoms with Crippen molar-refractivity contribution in [2.24, 2.45) is 11.3 Å². The van der Waals surface area contributed by atoms with Gasteiger partial charge >= 0.3 is 5.97 Å². The second-order valence-corrected chi connectivity index (χ2v) is 5.26. The fourth-order valence-corrected chi connectivity index (χ4v) is 1.88. The summed E-state index contributed by atoms with van der Waals surface area (Å²) in [7, 11) is 0. The Morgan fingerprint density at radius 2 is 2.27 bits per heavy atom. The van der Waals surface area contributed by atoms with E-state index in [0.717, 1.165) is 19.5 Å². The number of hydrogen-bond acceptors (Lipinski definition) is 3. The van der Waals surface area contributed by atoms with Crippen LogP contribution < -0.4 is 5.32 Å². The van der Waals surface area contributed by atoms with Crippen LogP contribution >= 0.6 is 0 Å². The minimum atomic E-state index is -0.0990. The van der Waals surface area contributed by atoms with Crippen LogP contribution in [0.25, 0.3) is 0 Å². The minimum Gasteiger partial charge on any atom is -0.461 e. The summed E-state index contributed by atoms with van der Waals surface area (Å²) in [4.78, 5) is 11.9. The number of nitrogens with one attached hydrogen (secondary N) is 1. The van der Waals surface area contributed by atoms with Crippen LogP contribution in [0.3, 0.4) is 0 Å². The van der Waals surface area contributed by atoms with Crippen molar-refractivity contribution in [2.75, 3.05) is 13.1 Å². The molecule has 0 aliphatic carbocycles. The Morgan fingerprint density at radius 1 is 1.60 bits per heavy atom. The first-order valence-corrected chi connectivity index (χ1v) is 5.65. The Labute approximate surface area is 92.6 Å². The van der Waals surface area contributed by atoms with Gasteiger partial charge in [0.15, 0.2) is 0 Å². The number of rotatable bonds is 3. The van der Waals surface area contributed by atoms with Crippen LogP contribution in [0.15, 0.2) is 0 Å². The van der Waals surface area contributed by atoms with E-state index in [1.54, 1.807) is 0 Å². The van der Waals surface area contributed by atoms with Gasteiger partial charge in [0, 0.05) is 6.54 Å². The van der Waals surface area contributed by atoms with E-state index in [-0.39, 0.29) is 23.4 Å². The molecule has 0 aromatic heterocycles. The van der Waals surface area contributed by atoms with Gasteiger partial charge in [-0.2, -0.15) is 0 Å². The molecule has 1 heterocycles. The van der Waals surface area contributed by atoms with Gasteiger partial charge < -0.3 is 10.1 Å². The van der Waals surface area contributed by atoms with Crippen molar-refractivity contribution in [2.45, 2.75) is 39.7 Å². The van der Waals surface area contributed by atoms with E-state index in [9.17, 15) is 4.79 Å². The normalized spacial score (nSPS) is 23.9. The van der Waals surface area contributed by atoms with E-state index in [2.05, 4.69) is 33.0 Å². The fourth-order valence-electron chi connectivity index (χ4n) is 1.88. The molecule has 87 valence electrons. The highest BCUT2D eigenvalue weighted by Gasteiger charge is 2.32. The number of carbonyl (C=O) groups excluding carboxylic acids is 1. The molecular formula is C12H22NO2. The smallest absolute Gasteiger partial charge is 0.309 e. The molecule has 1 fully saturated rings. The molecule has 3 nitrogen and oxygen atoms in total. The Kier molecular flexibility index (Phi) is 4.14. The van der Waals surface area contributed by atoms with Crippen LogP contribution in [-0.2, 0) is 9.53 Å². The quantitative estimate of drug-likeness (QED) is 0.725. The third-order valence-electron chi connectivity index (χ3n) is 2.92. The summed E-state index contributed by atoms with van der Waals surface area (Å²) in [5, 5.41) is 3.18. The lowest BCUT2D eigenvalue weighted by Gasteiger charge is -2.28. The van der Waals surface area contributed by atoms with E-state index >= 15 is 0 Å². The average molecular weight is 212 g/mol. The number of ether oxygens (including phenoxy) is 1. The molecule has 1 radical (unpaired) electrons. The zero-order valence-corrected chi connectivity index (χ0v) is 10.0. The van der Waals surface area contributed by atoms with Crippen molar-refractivity contribution < 1.29 is 9.53 Å². The van der Waals surface area contributed by atoms with Gasteiger partial charge in [0.05, 0.1) is 5.92 Å². The molecule has 1 aliphatic heterocycles. The van der Waals surface area contributed by atoms with Crippen molar-refractivity contribution in [1.29, 1.82) is 0 Å². The van der Waals surface area contributed by atoms with Crippen molar-refractivity contribution in [1.82, 2.24) is 5.32 Å². The van der Waals surface area contributed by atoms with Crippen molar-refractivity contribution in [3.8, 4) is 0 Å². The highest BCUT2D eigenvalue weighted by molar-refractivity contribution is 5.73. The van der Waals surface area contributed by atoms with Gasteiger partial charge in [-0.05, 0) is 24.8 Å². The molecule has 2 unspecified atom stereocenters. The first-order valence-electron chi connectivity index (χ1n) is 5.65. The molecule has 1 rings (SSSR count). The lowest BCUT2D eigenvalue weighted by atomic mass is 9.79. The summed E-state index contributed by atoms with van der Waals surface area (Å²) in [6.07, 6.45) is 1.59. The maximum absolute atomic E-state index is 11.9. The van der Waals surface area contributed by atoms with Crippen molar-refractivity contribution >= 4 is 5.97 Å². The maximum atomic E-state index is 11.9. The van der Waals surface area contributed by atoms with Crippen molar-refractivity contribution in [3.63, 3.8) is 0 Å². The van der Waals surface area contributed by atoms with Crippen LogP contribution in [0, 0.1) is 18.3 Å². The van der Waals surface area contributed by atoms with Crippen molar-refractivity contribution in [3.05, 3.63) is 6.92 Å². The van der Waals surface area contributed by atoms with Gasteiger partial charge in [-0.25, -0.2) is 0 Å². The highest BCUT2D eigenvalue weighted by atomic mass is 16.5. The largest absolute Gasteiger partial charge is 0.461 e. The number of hydrogen-bond donors (Lipinski definition) is 1. The SMILES string of the molecule is [CH2]CC(C(=O)OC1CCNC1)C(C)(C)C. The topological polar surface area (TPSA) is 38.3 Å². The third kappa shape index (κ3) is 3.49. The molecule has 15 heavy (non-hydrogen) atoms. The molecule has 1 saturated heterocycles. The van der Waals surface area contributed by atoms with E-state index in [0.29, 0.717) is 6.42 Å². The standard InChI is InChI=1S/C12H22NO2/c1-5-10(12(2,3)4)11(14)15-9-6-7-13-8-9/h9-10,13H,1,5-8H2,2-4H3. The predicted octanol–water partition coefficient (Wildman–Crippen LogP) is 1.78. The lowest BCUT2D eigenvalue weighted by molar-refractivity contribution is -0.156. The van der Waals surface area contributed by atoms with Gasteiger partial charge in [-0.3, -0.25) is 4.79 Å². The number of carbonyl (C=O) groups is 1. The second-order valence-electron chi connectivity index (χ2n) is 5.26. The molecule has 0 amide bonds. The Balaban J connectivity index is 2.49. The molecule has 0 aromatic carbocycles. The first-order chi connectivity index (χ1) is 6.95. The zero-order valence-electron chi connectivity index (χ0n) is 10.0. The van der Waals surface area contributed by atoms with Gasteiger partial charge in [-0.1, -0.05) is 27.7 Å². The summed E-state index contributed by atoms with van der Waals surface area (Å²) in [5.74, 6) is -0.190. The number of esters is 1. The summed E-state index contributed by atoms with van der Waals surface area (Å²) < 4.78 is 5.45.